The van der Waals surface area contributed by atoms with E-state index in [0.29, 0.717) is 18.8 Å². The molecule has 0 N–H and O–H groups in total. The summed E-state index contributed by atoms with van der Waals surface area (Å²) in [5.74, 6) is -0.508. The number of esters is 1. The van der Waals surface area contributed by atoms with Gasteiger partial charge in [-0.15, -0.1) is 0 Å². The normalized spacial score (nSPS) is 10.5. The lowest BCUT2D eigenvalue weighted by molar-refractivity contribution is -0.140. The standard InChI is InChI=1S/C14H17N3O3/c1-3-16(9-7-13(18)20-2)14(19)11-10-17-8-5-4-6-12(17)15-11/h4-6,8,10H,3,7,9H2,1-2H3. The van der Waals surface area contributed by atoms with E-state index >= 15 is 0 Å². The third-order valence-corrected chi connectivity index (χ3v) is 3.07. The van der Waals surface area contributed by atoms with Crippen LogP contribution in [0.1, 0.15) is 23.8 Å². The summed E-state index contributed by atoms with van der Waals surface area (Å²) in [7, 11) is 1.34. The van der Waals surface area contributed by atoms with E-state index in [1.54, 1.807) is 15.5 Å². The number of methoxy groups -OCH3 is 1. The van der Waals surface area contributed by atoms with Crippen LogP contribution >= 0.6 is 0 Å². The smallest absolute Gasteiger partial charge is 0.307 e. The van der Waals surface area contributed by atoms with E-state index in [-0.39, 0.29) is 18.3 Å². The Hall–Kier alpha value is -2.37. The van der Waals surface area contributed by atoms with Crippen LogP contribution in [0, 0.1) is 0 Å². The number of nitrogens with zero attached hydrogens (tertiary/aromatic N) is 3. The molecule has 0 aliphatic rings. The van der Waals surface area contributed by atoms with Crippen LogP contribution in [0.3, 0.4) is 0 Å². The molecule has 20 heavy (non-hydrogen) atoms. The predicted molar refractivity (Wildman–Crippen MR) is 73.4 cm³/mol. The summed E-state index contributed by atoms with van der Waals surface area (Å²) < 4.78 is 6.37. The topological polar surface area (TPSA) is 63.9 Å². The number of fused-ring (bicyclic) bond motifs is 1. The average Bonchev–Trinajstić information content (AvgIpc) is 2.91. The van der Waals surface area contributed by atoms with Crippen molar-refractivity contribution < 1.29 is 14.3 Å². The zero-order valence-electron chi connectivity index (χ0n) is 11.6. The van der Waals surface area contributed by atoms with E-state index in [1.165, 1.54) is 7.11 Å². The molecule has 0 saturated heterocycles. The maximum absolute atomic E-state index is 12.3. The largest absolute Gasteiger partial charge is 0.469 e. The fraction of sp³-hybridized carbons (Fsp3) is 0.357. The Morgan fingerprint density at radius 3 is 2.85 bits per heavy atom. The number of hydrogen-bond donors (Lipinski definition) is 0. The van der Waals surface area contributed by atoms with E-state index in [4.69, 9.17) is 0 Å². The van der Waals surface area contributed by atoms with E-state index in [9.17, 15) is 9.59 Å². The Balaban J connectivity index is 2.13. The van der Waals surface area contributed by atoms with E-state index < -0.39 is 0 Å². The van der Waals surface area contributed by atoms with Crippen LogP contribution in [0.15, 0.2) is 30.6 Å². The molecule has 2 aromatic heterocycles. The van der Waals surface area contributed by atoms with Crippen LogP contribution in [0.4, 0.5) is 0 Å². The minimum absolute atomic E-state index is 0.180. The molecule has 6 heteroatoms. The molecule has 2 aromatic rings. The molecule has 6 nitrogen and oxygen atoms in total. The van der Waals surface area contributed by atoms with Gasteiger partial charge in [0.25, 0.3) is 5.91 Å². The quantitative estimate of drug-likeness (QED) is 0.773. The Morgan fingerprint density at radius 1 is 1.40 bits per heavy atom. The Bertz CT molecular complexity index is 588. The van der Waals surface area contributed by atoms with Gasteiger partial charge in [-0.25, -0.2) is 4.98 Å². The second-order valence-corrected chi connectivity index (χ2v) is 4.30. The molecule has 0 radical (unpaired) electrons. The molecule has 0 bridgehead atoms. The zero-order chi connectivity index (χ0) is 14.5. The molecule has 2 heterocycles. The van der Waals surface area contributed by atoms with Gasteiger partial charge in [0.15, 0.2) is 0 Å². The number of ether oxygens (including phenoxy) is 1. The van der Waals surface area contributed by atoms with Gasteiger partial charge in [0.1, 0.15) is 11.3 Å². The van der Waals surface area contributed by atoms with Crippen molar-refractivity contribution in [2.75, 3.05) is 20.2 Å². The number of pyridine rings is 1. The second kappa shape index (κ2) is 6.18. The van der Waals surface area contributed by atoms with Crippen LogP contribution in [0.2, 0.25) is 0 Å². The summed E-state index contributed by atoms with van der Waals surface area (Å²) in [6, 6.07) is 5.57. The van der Waals surface area contributed by atoms with Crippen molar-refractivity contribution in [3.8, 4) is 0 Å². The SMILES string of the molecule is CCN(CCC(=O)OC)C(=O)c1cn2ccccc2n1. The van der Waals surface area contributed by atoms with Gasteiger partial charge in [-0.1, -0.05) is 6.07 Å². The lowest BCUT2D eigenvalue weighted by atomic mass is 10.3. The van der Waals surface area contributed by atoms with Crippen LogP contribution in [0.5, 0.6) is 0 Å². The maximum Gasteiger partial charge on any atom is 0.307 e. The molecule has 2 rings (SSSR count). The minimum atomic E-state index is -0.328. The van der Waals surface area contributed by atoms with Gasteiger partial charge in [0, 0.05) is 25.5 Å². The molecular weight excluding hydrogens is 258 g/mol. The first-order chi connectivity index (χ1) is 9.65. The highest BCUT2D eigenvalue weighted by atomic mass is 16.5. The summed E-state index contributed by atoms with van der Waals surface area (Å²) in [6.07, 6.45) is 3.71. The van der Waals surface area contributed by atoms with Crippen molar-refractivity contribution in [1.82, 2.24) is 14.3 Å². The third-order valence-electron chi connectivity index (χ3n) is 3.07. The van der Waals surface area contributed by atoms with E-state index in [2.05, 4.69) is 9.72 Å². The van der Waals surface area contributed by atoms with Crippen molar-refractivity contribution in [1.29, 1.82) is 0 Å². The van der Waals surface area contributed by atoms with Crippen LogP contribution in [-0.2, 0) is 9.53 Å². The highest BCUT2D eigenvalue weighted by Crippen LogP contribution is 2.08. The van der Waals surface area contributed by atoms with Crippen molar-refractivity contribution >= 4 is 17.5 Å². The summed E-state index contributed by atoms with van der Waals surface area (Å²) in [5.41, 5.74) is 1.10. The zero-order valence-corrected chi connectivity index (χ0v) is 11.6. The molecule has 106 valence electrons. The molecule has 0 atom stereocenters. The number of hydrogen-bond acceptors (Lipinski definition) is 4. The monoisotopic (exact) mass is 275 g/mol. The number of rotatable bonds is 5. The lowest BCUT2D eigenvalue weighted by Gasteiger charge is -2.18. The van der Waals surface area contributed by atoms with E-state index in [1.807, 2.05) is 31.3 Å². The van der Waals surface area contributed by atoms with Crippen LogP contribution < -0.4 is 0 Å². The van der Waals surface area contributed by atoms with Gasteiger partial charge in [-0.05, 0) is 19.1 Å². The molecule has 0 spiro atoms. The van der Waals surface area contributed by atoms with Gasteiger partial charge in [0.05, 0.1) is 13.5 Å². The van der Waals surface area contributed by atoms with Crippen LogP contribution in [-0.4, -0.2) is 46.4 Å². The first-order valence-corrected chi connectivity index (χ1v) is 6.45. The Kier molecular flexibility index (Phi) is 4.34. The first kappa shape index (κ1) is 14.0. The van der Waals surface area contributed by atoms with Gasteiger partial charge in [-0.2, -0.15) is 0 Å². The summed E-state index contributed by atoms with van der Waals surface area (Å²) >= 11 is 0. The molecule has 1 amide bonds. The maximum atomic E-state index is 12.3. The van der Waals surface area contributed by atoms with Gasteiger partial charge >= 0.3 is 5.97 Å². The average molecular weight is 275 g/mol. The third kappa shape index (κ3) is 2.96. The molecule has 0 aliphatic carbocycles. The molecule has 0 saturated carbocycles. The fourth-order valence-electron chi connectivity index (χ4n) is 1.93. The van der Waals surface area contributed by atoms with Crippen molar-refractivity contribution in [2.24, 2.45) is 0 Å². The summed E-state index contributed by atoms with van der Waals surface area (Å²) in [5, 5.41) is 0. The Labute approximate surface area is 117 Å². The highest BCUT2D eigenvalue weighted by molar-refractivity contribution is 5.93. The van der Waals surface area contributed by atoms with Gasteiger partial charge < -0.3 is 14.0 Å². The van der Waals surface area contributed by atoms with Gasteiger partial charge in [0.2, 0.25) is 0 Å². The van der Waals surface area contributed by atoms with Gasteiger partial charge in [-0.3, -0.25) is 9.59 Å². The number of carbonyl (C=O) groups excluding carboxylic acids is 2. The van der Waals surface area contributed by atoms with E-state index in [0.717, 1.165) is 5.65 Å². The number of carbonyl (C=O) groups is 2. The number of imidazole rings is 1. The lowest BCUT2D eigenvalue weighted by Crippen LogP contribution is -2.33. The molecule has 0 aliphatic heterocycles. The number of amides is 1. The molecule has 0 aromatic carbocycles. The van der Waals surface area contributed by atoms with Crippen molar-refractivity contribution in [2.45, 2.75) is 13.3 Å². The molecule has 0 fully saturated rings. The van der Waals surface area contributed by atoms with Crippen molar-refractivity contribution in [3.63, 3.8) is 0 Å². The second-order valence-electron chi connectivity index (χ2n) is 4.30. The fourth-order valence-corrected chi connectivity index (χ4v) is 1.93. The Morgan fingerprint density at radius 2 is 2.20 bits per heavy atom. The highest BCUT2D eigenvalue weighted by Gasteiger charge is 2.18. The summed E-state index contributed by atoms with van der Waals surface area (Å²) in [6.45, 7) is 2.71. The molecule has 0 unspecified atom stereocenters. The molecular formula is C14H17N3O3. The van der Waals surface area contributed by atoms with Crippen LogP contribution in [0.25, 0.3) is 5.65 Å². The van der Waals surface area contributed by atoms with Crippen molar-refractivity contribution in [3.05, 3.63) is 36.3 Å². The minimum Gasteiger partial charge on any atom is -0.469 e. The number of aromatic nitrogens is 2. The predicted octanol–water partition coefficient (Wildman–Crippen LogP) is 1.36. The first-order valence-electron chi connectivity index (χ1n) is 6.45. The summed E-state index contributed by atoms with van der Waals surface area (Å²) in [4.78, 5) is 29.4.